The second kappa shape index (κ2) is 6.22. The summed E-state index contributed by atoms with van der Waals surface area (Å²) in [6.07, 6.45) is 10.5. The van der Waals surface area contributed by atoms with Gasteiger partial charge < -0.3 is 5.32 Å². The van der Waals surface area contributed by atoms with Crippen LogP contribution >= 0.6 is 0 Å². The Morgan fingerprint density at radius 2 is 1.88 bits per heavy atom. The van der Waals surface area contributed by atoms with Crippen LogP contribution in [0.25, 0.3) is 0 Å². The first kappa shape index (κ1) is 13.4. The zero-order valence-corrected chi connectivity index (χ0v) is 12.0. The lowest BCUT2D eigenvalue weighted by molar-refractivity contribution is 0.0715. The zero-order chi connectivity index (χ0) is 12.3. The Balaban J connectivity index is 1.88. The lowest BCUT2D eigenvalue weighted by atomic mass is 9.62. The van der Waals surface area contributed by atoms with Gasteiger partial charge in [0.25, 0.3) is 0 Å². The van der Waals surface area contributed by atoms with E-state index in [0.29, 0.717) is 6.04 Å². The van der Waals surface area contributed by atoms with E-state index in [4.69, 9.17) is 0 Å². The molecular weight excluding hydrogens is 206 g/mol. The molecule has 3 atom stereocenters. The second-order valence-corrected chi connectivity index (χ2v) is 6.77. The number of nitrogens with one attached hydrogen (secondary N) is 1. The SMILES string of the molecule is CCC1CCC(CNC(C)C)C(C2CCC2)C1. The maximum atomic E-state index is 3.68. The first-order valence-electron chi connectivity index (χ1n) is 7.94. The molecule has 0 saturated heterocycles. The molecule has 100 valence electrons. The summed E-state index contributed by atoms with van der Waals surface area (Å²) in [7, 11) is 0. The van der Waals surface area contributed by atoms with Gasteiger partial charge in [-0.15, -0.1) is 0 Å². The topological polar surface area (TPSA) is 12.0 Å². The predicted octanol–water partition coefficient (Wildman–Crippen LogP) is 4.23. The molecule has 1 nitrogen and oxygen atoms in total. The van der Waals surface area contributed by atoms with E-state index in [9.17, 15) is 0 Å². The highest BCUT2D eigenvalue weighted by atomic mass is 14.9. The molecule has 17 heavy (non-hydrogen) atoms. The van der Waals surface area contributed by atoms with Gasteiger partial charge in [-0.3, -0.25) is 0 Å². The van der Waals surface area contributed by atoms with Crippen LogP contribution in [0.15, 0.2) is 0 Å². The summed E-state index contributed by atoms with van der Waals surface area (Å²) in [6.45, 7) is 8.20. The standard InChI is InChI=1S/C16H31N/c1-4-13-8-9-15(11-17-12(2)3)16(10-13)14-6-5-7-14/h12-17H,4-11H2,1-3H3. The van der Waals surface area contributed by atoms with Crippen molar-refractivity contribution in [2.45, 2.75) is 71.8 Å². The Hall–Kier alpha value is -0.0400. The van der Waals surface area contributed by atoms with Gasteiger partial charge in [-0.05, 0) is 43.1 Å². The van der Waals surface area contributed by atoms with Crippen molar-refractivity contribution < 1.29 is 0 Å². The lowest BCUT2D eigenvalue weighted by Crippen LogP contribution is -2.40. The van der Waals surface area contributed by atoms with Gasteiger partial charge in [0.2, 0.25) is 0 Å². The van der Waals surface area contributed by atoms with E-state index in [2.05, 4.69) is 26.1 Å². The molecule has 2 aliphatic carbocycles. The quantitative estimate of drug-likeness (QED) is 0.754. The molecule has 0 aromatic heterocycles. The molecule has 0 spiro atoms. The van der Waals surface area contributed by atoms with E-state index in [1.807, 2.05) is 0 Å². The smallest absolute Gasteiger partial charge is 0.00104 e. The van der Waals surface area contributed by atoms with Crippen molar-refractivity contribution in [1.82, 2.24) is 5.32 Å². The predicted molar refractivity (Wildman–Crippen MR) is 75.1 cm³/mol. The first-order valence-corrected chi connectivity index (χ1v) is 7.94. The summed E-state index contributed by atoms with van der Waals surface area (Å²) >= 11 is 0. The molecule has 0 aliphatic heterocycles. The van der Waals surface area contributed by atoms with Gasteiger partial charge in [0, 0.05) is 6.04 Å². The molecule has 0 heterocycles. The average molecular weight is 237 g/mol. The third kappa shape index (κ3) is 3.47. The van der Waals surface area contributed by atoms with Crippen LogP contribution in [0, 0.1) is 23.7 Å². The maximum absolute atomic E-state index is 3.68. The van der Waals surface area contributed by atoms with Crippen molar-refractivity contribution in [3.8, 4) is 0 Å². The molecule has 1 N–H and O–H groups in total. The van der Waals surface area contributed by atoms with E-state index < -0.39 is 0 Å². The summed E-state index contributed by atoms with van der Waals surface area (Å²) in [5.74, 6) is 4.15. The minimum atomic E-state index is 0.654. The highest BCUT2D eigenvalue weighted by Gasteiger charge is 2.37. The van der Waals surface area contributed by atoms with Crippen LogP contribution in [-0.4, -0.2) is 12.6 Å². The molecule has 2 fully saturated rings. The van der Waals surface area contributed by atoms with E-state index in [0.717, 1.165) is 23.7 Å². The third-order valence-electron chi connectivity index (χ3n) is 5.28. The average Bonchev–Trinajstić information content (AvgIpc) is 2.24. The molecular formula is C16H31N. The highest BCUT2D eigenvalue weighted by Crippen LogP contribution is 2.46. The van der Waals surface area contributed by atoms with E-state index in [-0.39, 0.29) is 0 Å². The zero-order valence-electron chi connectivity index (χ0n) is 12.0. The molecule has 3 unspecified atom stereocenters. The van der Waals surface area contributed by atoms with Gasteiger partial charge >= 0.3 is 0 Å². The van der Waals surface area contributed by atoms with Gasteiger partial charge in [0.15, 0.2) is 0 Å². The van der Waals surface area contributed by atoms with E-state index >= 15 is 0 Å². The van der Waals surface area contributed by atoms with Crippen molar-refractivity contribution in [3.63, 3.8) is 0 Å². The van der Waals surface area contributed by atoms with Crippen LogP contribution in [-0.2, 0) is 0 Å². The summed E-state index contributed by atoms with van der Waals surface area (Å²) in [5, 5.41) is 3.68. The van der Waals surface area contributed by atoms with Crippen LogP contribution in [0.4, 0.5) is 0 Å². The molecule has 2 aliphatic rings. The molecule has 0 amide bonds. The Morgan fingerprint density at radius 1 is 1.12 bits per heavy atom. The van der Waals surface area contributed by atoms with Crippen LogP contribution in [0.1, 0.15) is 65.7 Å². The van der Waals surface area contributed by atoms with Gasteiger partial charge in [-0.2, -0.15) is 0 Å². The summed E-state index contributed by atoms with van der Waals surface area (Å²) in [5.41, 5.74) is 0. The second-order valence-electron chi connectivity index (χ2n) is 6.77. The van der Waals surface area contributed by atoms with Crippen molar-refractivity contribution >= 4 is 0 Å². The third-order valence-corrected chi connectivity index (χ3v) is 5.28. The number of rotatable bonds is 5. The van der Waals surface area contributed by atoms with Gasteiger partial charge in [-0.1, -0.05) is 52.9 Å². The van der Waals surface area contributed by atoms with Gasteiger partial charge in [0.1, 0.15) is 0 Å². The van der Waals surface area contributed by atoms with Crippen LogP contribution in [0.3, 0.4) is 0 Å². The fourth-order valence-corrected chi connectivity index (χ4v) is 3.82. The molecule has 0 aromatic rings. The normalized spacial score (nSPS) is 34.9. The Bertz CT molecular complexity index is 220. The molecule has 2 saturated carbocycles. The summed E-state index contributed by atoms with van der Waals surface area (Å²) in [4.78, 5) is 0. The van der Waals surface area contributed by atoms with Crippen molar-refractivity contribution in [3.05, 3.63) is 0 Å². The molecule has 0 bridgehead atoms. The summed E-state index contributed by atoms with van der Waals surface area (Å²) in [6, 6.07) is 0.654. The van der Waals surface area contributed by atoms with Gasteiger partial charge in [-0.25, -0.2) is 0 Å². The number of hydrogen-bond acceptors (Lipinski definition) is 1. The number of hydrogen-bond donors (Lipinski definition) is 1. The Morgan fingerprint density at radius 3 is 2.41 bits per heavy atom. The van der Waals surface area contributed by atoms with E-state index in [1.165, 1.54) is 51.5 Å². The highest BCUT2D eigenvalue weighted by molar-refractivity contribution is 4.88. The van der Waals surface area contributed by atoms with Crippen LogP contribution < -0.4 is 5.32 Å². The Kier molecular flexibility index (Phi) is 4.90. The van der Waals surface area contributed by atoms with Gasteiger partial charge in [0.05, 0.1) is 0 Å². The first-order chi connectivity index (χ1) is 8.20. The monoisotopic (exact) mass is 237 g/mol. The van der Waals surface area contributed by atoms with E-state index in [1.54, 1.807) is 0 Å². The van der Waals surface area contributed by atoms with Crippen molar-refractivity contribution in [1.29, 1.82) is 0 Å². The molecule has 0 radical (unpaired) electrons. The largest absolute Gasteiger partial charge is 0.314 e. The molecule has 1 heteroatoms. The fraction of sp³-hybridized carbons (Fsp3) is 1.00. The minimum absolute atomic E-state index is 0.654. The fourth-order valence-electron chi connectivity index (χ4n) is 3.82. The van der Waals surface area contributed by atoms with Crippen molar-refractivity contribution in [2.24, 2.45) is 23.7 Å². The van der Waals surface area contributed by atoms with Crippen molar-refractivity contribution in [2.75, 3.05) is 6.54 Å². The molecule has 2 rings (SSSR count). The van der Waals surface area contributed by atoms with Crippen LogP contribution in [0.5, 0.6) is 0 Å². The Labute approximate surface area is 108 Å². The lowest BCUT2D eigenvalue weighted by Gasteiger charge is -2.44. The minimum Gasteiger partial charge on any atom is -0.314 e. The molecule has 0 aromatic carbocycles. The maximum Gasteiger partial charge on any atom is 0.00104 e. The van der Waals surface area contributed by atoms with Crippen LogP contribution in [0.2, 0.25) is 0 Å². The summed E-state index contributed by atoms with van der Waals surface area (Å²) < 4.78 is 0.